The van der Waals surface area contributed by atoms with Gasteiger partial charge in [-0.05, 0) is 18.4 Å². The Labute approximate surface area is 149 Å². The predicted octanol–water partition coefficient (Wildman–Crippen LogP) is 0.540. The molecule has 2 aliphatic rings. The molecule has 0 aliphatic carbocycles. The zero-order chi connectivity index (χ0) is 17.8. The maximum Gasteiger partial charge on any atom is 0.234 e. The third-order valence-electron chi connectivity index (χ3n) is 5.34. The summed E-state index contributed by atoms with van der Waals surface area (Å²) in [7, 11) is 0. The predicted molar refractivity (Wildman–Crippen MR) is 97.0 cm³/mol. The number of likely N-dealkylation sites (tertiary alicyclic amines) is 2. The minimum atomic E-state index is 0.0576. The second kappa shape index (κ2) is 7.97. The van der Waals surface area contributed by atoms with E-state index in [-0.39, 0.29) is 29.8 Å². The second-order valence-electron chi connectivity index (χ2n) is 7.22. The van der Waals surface area contributed by atoms with Crippen molar-refractivity contribution in [1.82, 2.24) is 15.1 Å². The van der Waals surface area contributed by atoms with E-state index in [1.165, 1.54) is 5.56 Å². The quantitative estimate of drug-likeness (QED) is 0.836. The molecule has 136 valence electrons. The van der Waals surface area contributed by atoms with Crippen molar-refractivity contribution in [3.05, 3.63) is 35.9 Å². The molecule has 3 N–H and O–H groups in total. The van der Waals surface area contributed by atoms with Gasteiger partial charge in [-0.15, -0.1) is 0 Å². The van der Waals surface area contributed by atoms with Crippen LogP contribution in [0.25, 0.3) is 0 Å². The average Bonchev–Trinajstić information content (AvgIpc) is 2.96. The number of nitrogens with zero attached hydrogens (tertiary/aromatic N) is 2. The smallest absolute Gasteiger partial charge is 0.234 e. The van der Waals surface area contributed by atoms with Crippen molar-refractivity contribution in [2.24, 2.45) is 5.73 Å². The van der Waals surface area contributed by atoms with Gasteiger partial charge in [-0.3, -0.25) is 14.5 Å². The number of hydrogen-bond acceptors (Lipinski definition) is 4. The molecule has 2 heterocycles. The van der Waals surface area contributed by atoms with E-state index in [2.05, 4.69) is 22.3 Å². The molecule has 2 saturated heterocycles. The lowest BCUT2D eigenvalue weighted by Crippen LogP contribution is -2.48. The van der Waals surface area contributed by atoms with E-state index in [1.54, 1.807) is 6.92 Å². The molecule has 3 rings (SSSR count). The summed E-state index contributed by atoms with van der Waals surface area (Å²) in [5.41, 5.74) is 7.54. The monoisotopic (exact) mass is 344 g/mol. The van der Waals surface area contributed by atoms with Crippen molar-refractivity contribution in [2.45, 2.75) is 37.8 Å². The molecule has 0 bridgehead atoms. The zero-order valence-electron chi connectivity index (χ0n) is 14.9. The van der Waals surface area contributed by atoms with Crippen molar-refractivity contribution in [3.8, 4) is 0 Å². The summed E-state index contributed by atoms with van der Waals surface area (Å²) in [5, 5.41) is 3.12. The Hall–Kier alpha value is -1.92. The van der Waals surface area contributed by atoms with Gasteiger partial charge < -0.3 is 16.0 Å². The number of carbonyl (C=O) groups is 2. The Bertz CT molecular complexity index is 599. The average molecular weight is 344 g/mol. The molecular weight excluding hydrogens is 316 g/mol. The maximum absolute atomic E-state index is 12.4. The molecule has 0 unspecified atom stereocenters. The molecule has 1 aromatic carbocycles. The van der Waals surface area contributed by atoms with E-state index >= 15 is 0 Å². The zero-order valence-corrected chi connectivity index (χ0v) is 14.9. The molecule has 0 spiro atoms. The Balaban J connectivity index is 1.45. The van der Waals surface area contributed by atoms with E-state index in [9.17, 15) is 9.59 Å². The van der Waals surface area contributed by atoms with Crippen molar-refractivity contribution in [3.63, 3.8) is 0 Å². The minimum Gasteiger partial charge on any atom is -0.352 e. The number of nitrogens with two attached hydrogens (primary N) is 1. The molecule has 6 nitrogen and oxygen atoms in total. The number of hydrogen-bond donors (Lipinski definition) is 2. The van der Waals surface area contributed by atoms with Crippen molar-refractivity contribution < 1.29 is 9.59 Å². The van der Waals surface area contributed by atoms with Gasteiger partial charge in [0.15, 0.2) is 0 Å². The summed E-state index contributed by atoms with van der Waals surface area (Å²) in [4.78, 5) is 27.7. The fourth-order valence-corrected chi connectivity index (χ4v) is 3.91. The molecule has 1 aromatic rings. The van der Waals surface area contributed by atoms with Crippen LogP contribution in [-0.4, -0.2) is 66.4 Å². The summed E-state index contributed by atoms with van der Waals surface area (Å²) in [6.07, 6.45) is 1.66. The fraction of sp³-hybridized carbons (Fsp3) is 0.579. The van der Waals surface area contributed by atoms with Crippen molar-refractivity contribution >= 4 is 11.8 Å². The normalized spacial score (nSPS) is 25.1. The topological polar surface area (TPSA) is 78.7 Å². The highest BCUT2D eigenvalue weighted by Gasteiger charge is 2.32. The largest absolute Gasteiger partial charge is 0.352 e. The van der Waals surface area contributed by atoms with Crippen LogP contribution in [0.3, 0.4) is 0 Å². The Morgan fingerprint density at radius 2 is 1.84 bits per heavy atom. The second-order valence-corrected chi connectivity index (χ2v) is 7.22. The first kappa shape index (κ1) is 17.9. The van der Waals surface area contributed by atoms with Gasteiger partial charge in [0.05, 0.1) is 6.54 Å². The highest BCUT2D eigenvalue weighted by atomic mass is 16.2. The van der Waals surface area contributed by atoms with Gasteiger partial charge in [0.25, 0.3) is 0 Å². The van der Waals surface area contributed by atoms with Crippen molar-refractivity contribution in [2.75, 3.05) is 32.7 Å². The first-order chi connectivity index (χ1) is 12.0. The number of rotatable bonds is 4. The van der Waals surface area contributed by atoms with Gasteiger partial charge in [-0.1, -0.05) is 30.3 Å². The lowest BCUT2D eigenvalue weighted by Gasteiger charge is -2.32. The molecule has 2 aliphatic heterocycles. The third-order valence-corrected chi connectivity index (χ3v) is 5.34. The fourth-order valence-electron chi connectivity index (χ4n) is 3.91. The molecule has 25 heavy (non-hydrogen) atoms. The first-order valence-electron chi connectivity index (χ1n) is 9.10. The molecule has 0 aromatic heterocycles. The van der Waals surface area contributed by atoms with Gasteiger partial charge in [0.2, 0.25) is 11.8 Å². The molecule has 0 saturated carbocycles. The van der Waals surface area contributed by atoms with Crippen LogP contribution in [0.4, 0.5) is 0 Å². The van der Waals surface area contributed by atoms with Crippen molar-refractivity contribution in [1.29, 1.82) is 0 Å². The number of nitrogens with one attached hydrogen (secondary N) is 1. The van der Waals surface area contributed by atoms with Crippen LogP contribution < -0.4 is 11.1 Å². The van der Waals surface area contributed by atoms with Crippen LogP contribution in [0, 0.1) is 0 Å². The van der Waals surface area contributed by atoms with Gasteiger partial charge in [-0.25, -0.2) is 0 Å². The van der Waals surface area contributed by atoms with Crippen LogP contribution in [0.1, 0.15) is 31.2 Å². The van der Waals surface area contributed by atoms with E-state index in [0.29, 0.717) is 6.54 Å². The van der Waals surface area contributed by atoms with E-state index < -0.39 is 0 Å². The number of carbonyl (C=O) groups excluding carboxylic acids is 2. The lowest BCUT2D eigenvalue weighted by atomic mass is 9.95. The third kappa shape index (κ3) is 4.58. The van der Waals surface area contributed by atoms with Gasteiger partial charge >= 0.3 is 0 Å². The van der Waals surface area contributed by atoms with Gasteiger partial charge in [-0.2, -0.15) is 0 Å². The molecule has 2 atom stereocenters. The van der Waals surface area contributed by atoms with E-state index in [4.69, 9.17) is 5.73 Å². The van der Waals surface area contributed by atoms with Crippen LogP contribution in [0.5, 0.6) is 0 Å². The standard InChI is InChI=1S/C19H28N4O2/c1-14(24)23-9-7-16(8-10-23)21-19(25)13-22-11-17(18(20)12-22)15-5-3-2-4-6-15/h2-6,16-18H,7-13,20H2,1H3,(H,21,25)/t17-,18+/m0/s1. The van der Waals surface area contributed by atoms with Crippen LogP contribution in [0.2, 0.25) is 0 Å². The number of piperidine rings is 1. The van der Waals surface area contributed by atoms with Crippen LogP contribution in [0.15, 0.2) is 30.3 Å². The summed E-state index contributed by atoms with van der Waals surface area (Å²) in [6, 6.07) is 10.5. The molecule has 2 fully saturated rings. The minimum absolute atomic E-state index is 0.0576. The summed E-state index contributed by atoms with van der Waals surface area (Å²) in [6.45, 7) is 5.01. The maximum atomic E-state index is 12.4. The molecular formula is C19H28N4O2. The number of amides is 2. The molecule has 2 amide bonds. The van der Waals surface area contributed by atoms with Crippen LogP contribution >= 0.6 is 0 Å². The SMILES string of the molecule is CC(=O)N1CCC(NC(=O)CN2C[C@@H](N)[C@H](c3ccccc3)C2)CC1. The number of benzene rings is 1. The highest BCUT2D eigenvalue weighted by molar-refractivity contribution is 5.78. The Morgan fingerprint density at radius 1 is 1.16 bits per heavy atom. The van der Waals surface area contributed by atoms with E-state index in [0.717, 1.165) is 39.0 Å². The first-order valence-corrected chi connectivity index (χ1v) is 9.10. The molecule has 6 heteroatoms. The Morgan fingerprint density at radius 3 is 2.48 bits per heavy atom. The summed E-state index contributed by atoms with van der Waals surface area (Å²) < 4.78 is 0. The summed E-state index contributed by atoms with van der Waals surface area (Å²) >= 11 is 0. The van der Waals surface area contributed by atoms with Crippen LogP contribution in [-0.2, 0) is 9.59 Å². The summed E-state index contributed by atoms with van der Waals surface area (Å²) in [5.74, 6) is 0.456. The lowest BCUT2D eigenvalue weighted by molar-refractivity contribution is -0.130. The van der Waals surface area contributed by atoms with E-state index in [1.807, 2.05) is 23.1 Å². The Kier molecular flexibility index (Phi) is 5.71. The highest BCUT2D eigenvalue weighted by Crippen LogP contribution is 2.26. The van der Waals surface area contributed by atoms with Gasteiger partial charge in [0, 0.05) is 51.1 Å². The van der Waals surface area contributed by atoms with Gasteiger partial charge in [0.1, 0.15) is 0 Å². The molecule has 0 radical (unpaired) electrons.